The van der Waals surface area contributed by atoms with Gasteiger partial charge in [0, 0.05) is 22.6 Å². The lowest BCUT2D eigenvalue weighted by Crippen LogP contribution is -2.08. The summed E-state index contributed by atoms with van der Waals surface area (Å²) in [6, 6.07) is 7.67. The Kier molecular flexibility index (Phi) is 4.44. The summed E-state index contributed by atoms with van der Waals surface area (Å²) in [5, 5.41) is 18.6. The van der Waals surface area contributed by atoms with E-state index in [1.165, 1.54) is 46.0 Å². The van der Waals surface area contributed by atoms with Crippen molar-refractivity contribution in [3.63, 3.8) is 0 Å². The Labute approximate surface area is 157 Å². The molecule has 138 valence electrons. The van der Waals surface area contributed by atoms with E-state index in [0.29, 0.717) is 10.4 Å². The molecule has 0 radical (unpaired) electrons. The van der Waals surface area contributed by atoms with E-state index in [2.05, 4.69) is 10.2 Å². The number of nitro groups is 1. The van der Waals surface area contributed by atoms with E-state index >= 15 is 0 Å². The first kappa shape index (κ1) is 17.3. The second kappa shape index (κ2) is 6.92. The fourth-order valence-electron chi connectivity index (χ4n) is 2.94. The summed E-state index contributed by atoms with van der Waals surface area (Å²) in [5.41, 5.74) is 1.76. The van der Waals surface area contributed by atoms with Gasteiger partial charge in [-0.15, -0.1) is 21.5 Å². The SMILES string of the molecule is C[C@H](OC(=O)c1cc2c(s1)CCC2)c1nnc(-c2ccc([N+](=O)[O-])cc2)o1. The molecular formula is C18H15N3O5S. The van der Waals surface area contributed by atoms with Crippen LogP contribution in [0.25, 0.3) is 11.5 Å². The number of thiophene rings is 1. The van der Waals surface area contributed by atoms with Crippen molar-refractivity contribution in [1.29, 1.82) is 0 Å². The van der Waals surface area contributed by atoms with Gasteiger partial charge in [0.25, 0.3) is 11.6 Å². The molecule has 27 heavy (non-hydrogen) atoms. The first-order chi connectivity index (χ1) is 13.0. The molecule has 0 saturated heterocycles. The van der Waals surface area contributed by atoms with Crippen LogP contribution in [0.15, 0.2) is 34.7 Å². The zero-order valence-electron chi connectivity index (χ0n) is 14.4. The van der Waals surface area contributed by atoms with E-state index in [9.17, 15) is 14.9 Å². The highest BCUT2D eigenvalue weighted by Gasteiger charge is 2.23. The number of fused-ring (bicyclic) bond motifs is 1. The van der Waals surface area contributed by atoms with Gasteiger partial charge in [0.05, 0.1) is 4.92 Å². The Morgan fingerprint density at radius 2 is 2.07 bits per heavy atom. The number of nitrogens with zero attached hydrogens (tertiary/aromatic N) is 3. The maximum atomic E-state index is 12.3. The van der Waals surface area contributed by atoms with Crippen molar-refractivity contribution in [2.75, 3.05) is 0 Å². The van der Waals surface area contributed by atoms with Gasteiger partial charge in [0.1, 0.15) is 4.88 Å². The van der Waals surface area contributed by atoms with Crippen LogP contribution < -0.4 is 0 Å². The normalized spacial score (nSPS) is 14.0. The number of carbonyl (C=O) groups is 1. The topological polar surface area (TPSA) is 108 Å². The average molecular weight is 385 g/mol. The predicted molar refractivity (Wildman–Crippen MR) is 96.6 cm³/mol. The first-order valence-electron chi connectivity index (χ1n) is 8.42. The van der Waals surface area contributed by atoms with Crippen molar-refractivity contribution < 1.29 is 18.9 Å². The Morgan fingerprint density at radius 1 is 1.30 bits per heavy atom. The van der Waals surface area contributed by atoms with E-state index in [-0.39, 0.29) is 17.5 Å². The molecule has 0 fully saturated rings. The van der Waals surface area contributed by atoms with Gasteiger partial charge in [-0.2, -0.15) is 0 Å². The van der Waals surface area contributed by atoms with Crippen LogP contribution >= 0.6 is 11.3 Å². The van der Waals surface area contributed by atoms with Crippen LogP contribution in [0, 0.1) is 10.1 Å². The largest absolute Gasteiger partial charge is 0.448 e. The maximum Gasteiger partial charge on any atom is 0.349 e. The maximum absolute atomic E-state index is 12.3. The van der Waals surface area contributed by atoms with Crippen LogP contribution in [0.5, 0.6) is 0 Å². The molecule has 8 nitrogen and oxygen atoms in total. The molecule has 0 amide bonds. The van der Waals surface area contributed by atoms with E-state index in [4.69, 9.17) is 9.15 Å². The number of esters is 1. The van der Waals surface area contributed by atoms with Crippen molar-refractivity contribution in [1.82, 2.24) is 10.2 Å². The van der Waals surface area contributed by atoms with Gasteiger partial charge in [-0.1, -0.05) is 0 Å². The molecule has 2 aromatic heterocycles. The molecule has 1 aromatic carbocycles. The molecule has 9 heteroatoms. The number of ether oxygens (including phenoxy) is 1. The third kappa shape index (κ3) is 3.45. The van der Waals surface area contributed by atoms with Crippen molar-refractivity contribution in [3.8, 4) is 11.5 Å². The molecule has 1 atom stereocenters. The van der Waals surface area contributed by atoms with Gasteiger partial charge in [0.15, 0.2) is 6.10 Å². The third-order valence-corrected chi connectivity index (χ3v) is 5.56. The fraction of sp³-hybridized carbons (Fsp3) is 0.278. The molecule has 0 spiro atoms. The van der Waals surface area contributed by atoms with Crippen LogP contribution in [0.4, 0.5) is 5.69 Å². The second-order valence-corrected chi connectivity index (χ2v) is 7.35. The minimum atomic E-state index is -0.700. The zero-order valence-corrected chi connectivity index (χ0v) is 15.2. The molecule has 0 bridgehead atoms. The molecular weight excluding hydrogens is 370 g/mol. The minimum absolute atomic E-state index is 0.0244. The van der Waals surface area contributed by atoms with Crippen molar-refractivity contribution in [3.05, 3.63) is 61.7 Å². The number of aromatic nitrogens is 2. The lowest BCUT2D eigenvalue weighted by atomic mass is 10.2. The van der Waals surface area contributed by atoms with Crippen LogP contribution in [-0.2, 0) is 17.6 Å². The fourth-order valence-corrected chi connectivity index (χ4v) is 4.08. The second-order valence-electron chi connectivity index (χ2n) is 6.21. The van der Waals surface area contributed by atoms with Gasteiger partial charge in [0.2, 0.25) is 5.89 Å². The Bertz CT molecular complexity index is 987. The van der Waals surface area contributed by atoms with Crippen LogP contribution in [-0.4, -0.2) is 21.1 Å². The van der Waals surface area contributed by atoms with Gasteiger partial charge in [-0.25, -0.2) is 4.79 Å². The highest BCUT2D eigenvalue weighted by molar-refractivity contribution is 7.14. The molecule has 0 saturated carbocycles. The quantitative estimate of drug-likeness (QED) is 0.369. The van der Waals surface area contributed by atoms with Gasteiger partial charge < -0.3 is 9.15 Å². The Hall–Kier alpha value is -3.07. The Balaban J connectivity index is 1.45. The van der Waals surface area contributed by atoms with Crippen LogP contribution in [0.3, 0.4) is 0 Å². The van der Waals surface area contributed by atoms with Crippen LogP contribution in [0.1, 0.15) is 45.5 Å². The predicted octanol–water partition coefficient (Wildman–Crippen LogP) is 4.11. The smallest absolute Gasteiger partial charge is 0.349 e. The van der Waals surface area contributed by atoms with Gasteiger partial charge in [-0.05, 0) is 49.9 Å². The van der Waals surface area contributed by atoms with Gasteiger partial charge in [-0.3, -0.25) is 10.1 Å². The molecule has 1 aliphatic carbocycles. The molecule has 0 N–H and O–H groups in total. The van der Waals surface area contributed by atoms with Crippen molar-refractivity contribution >= 4 is 23.0 Å². The average Bonchev–Trinajstić information content (AvgIpc) is 3.37. The summed E-state index contributed by atoms with van der Waals surface area (Å²) in [6.07, 6.45) is 2.47. The summed E-state index contributed by atoms with van der Waals surface area (Å²) in [7, 11) is 0. The summed E-state index contributed by atoms with van der Waals surface area (Å²) in [6.45, 7) is 1.66. The van der Waals surface area contributed by atoms with E-state index in [1.54, 1.807) is 6.92 Å². The number of nitro benzene ring substituents is 1. The summed E-state index contributed by atoms with van der Waals surface area (Å²) in [4.78, 5) is 24.4. The lowest BCUT2D eigenvalue weighted by Gasteiger charge is -2.08. The summed E-state index contributed by atoms with van der Waals surface area (Å²) < 4.78 is 11.0. The lowest BCUT2D eigenvalue weighted by molar-refractivity contribution is -0.384. The number of carbonyl (C=O) groups excluding carboxylic acids is 1. The zero-order chi connectivity index (χ0) is 19.0. The molecule has 0 unspecified atom stereocenters. The number of benzene rings is 1. The number of non-ortho nitro benzene ring substituents is 1. The van der Waals surface area contributed by atoms with Crippen molar-refractivity contribution in [2.45, 2.75) is 32.3 Å². The standard InChI is InChI=1S/C18H15N3O5S/c1-10(25-18(22)15-9-12-3-2-4-14(12)27-15)16-19-20-17(26-16)11-5-7-13(8-6-11)21(23)24/h5-10H,2-4H2,1H3/t10-/m0/s1. The van der Waals surface area contributed by atoms with E-state index in [1.807, 2.05) is 6.07 Å². The summed E-state index contributed by atoms with van der Waals surface area (Å²) in [5.74, 6) is -0.0318. The first-order valence-corrected chi connectivity index (χ1v) is 9.23. The molecule has 0 aliphatic heterocycles. The van der Waals surface area contributed by atoms with Crippen LogP contribution in [0.2, 0.25) is 0 Å². The molecule has 1 aliphatic rings. The third-order valence-electron chi connectivity index (χ3n) is 4.35. The van der Waals surface area contributed by atoms with E-state index < -0.39 is 17.0 Å². The highest BCUT2D eigenvalue weighted by atomic mass is 32.1. The monoisotopic (exact) mass is 385 g/mol. The molecule has 2 heterocycles. The number of hydrogen-bond acceptors (Lipinski definition) is 8. The summed E-state index contributed by atoms with van der Waals surface area (Å²) >= 11 is 1.48. The number of aryl methyl sites for hydroxylation is 2. The van der Waals surface area contributed by atoms with Crippen molar-refractivity contribution in [2.24, 2.45) is 0 Å². The molecule has 4 rings (SSSR count). The molecule has 3 aromatic rings. The highest BCUT2D eigenvalue weighted by Crippen LogP contribution is 2.32. The number of rotatable bonds is 5. The number of hydrogen-bond donors (Lipinski definition) is 0. The minimum Gasteiger partial charge on any atom is -0.448 e. The Morgan fingerprint density at radius 3 is 2.78 bits per heavy atom. The van der Waals surface area contributed by atoms with E-state index in [0.717, 1.165) is 19.3 Å². The van der Waals surface area contributed by atoms with Gasteiger partial charge >= 0.3 is 5.97 Å².